The van der Waals surface area contributed by atoms with Crippen LogP contribution in [0.5, 0.6) is 0 Å². The first-order valence-electron chi connectivity index (χ1n) is 11.1. The van der Waals surface area contributed by atoms with Crippen LogP contribution in [0, 0.1) is 23.2 Å². The Morgan fingerprint density at radius 1 is 1.23 bits per heavy atom. The second-order valence-electron chi connectivity index (χ2n) is 9.58. The number of hydrogen-bond acceptors (Lipinski definition) is 4. The van der Waals surface area contributed by atoms with Gasteiger partial charge in [0.25, 0.3) is 11.8 Å². The first-order chi connectivity index (χ1) is 14.4. The van der Waals surface area contributed by atoms with E-state index in [1.807, 2.05) is 12.1 Å². The van der Waals surface area contributed by atoms with Crippen LogP contribution in [0.4, 0.5) is 0 Å². The Labute approximate surface area is 176 Å². The summed E-state index contributed by atoms with van der Waals surface area (Å²) in [5, 5.41) is 3.16. The van der Waals surface area contributed by atoms with Crippen LogP contribution in [0.1, 0.15) is 54.1 Å². The summed E-state index contributed by atoms with van der Waals surface area (Å²) in [7, 11) is 0. The van der Waals surface area contributed by atoms with Crippen molar-refractivity contribution in [2.45, 2.75) is 33.1 Å². The molecule has 2 bridgehead atoms. The molecule has 4 fully saturated rings. The number of rotatable bonds is 4. The number of amides is 2. The Morgan fingerprint density at radius 3 is 2.77 bits per heavy atom. The first-order valence-corrected chi connectivity index (χ1v) is 11.1. The maximum atomic E-state index is 13.0. The lowest BCUT2D eigenvalue weighted by Gasteiger charge is -2.60. The smallest absolute Gasteiger partial charge is 0.274 e. The van der Waals surface area contributed by atoms with Gasteiger partial charge in [-0.1, -0.05) is 19.9 Å². The molecule has 0 spiro atoms. The molecule has 1 aliphatic heterocycles. The maximum absolute atomic E-state index is 13.0. The lowest BCUT2D eigenvalue weighted by Crippen LogP contribution is -2.54. The topological polar surface area (TPSA) is 75.9 Å². The molecule has 3 heterocycles. The molecule has 6 rings (SSSR count). The minimum Gasteiger partial charge on any atom is -0.378 e. The third kappa shape index (κ3) is 3.20. The van der Waals surface area contributed by atoms with Gasteiger partial charge in [0, 0.05) is 25.8 Å². The minimum atomic E-state index is -0.114. The van der Waals surface area contributed by atoms with Crippen LogP contribution in [0.3, 0.4) is 0 Å². The van der Waals surface area contributed by atoms with E-state index in [9.17, 15) is 9.59 Å². The van der Waals surface area contributed by atoms with Gasteiger partial charge in [0.05, 0.1) is 13.2 Å². The summed E-state index contributed by atoms with van der Waals surface area (Å²) in [6.07, 6.45) is 5.46. The highest BCUT2D eigenvalue weighted by Gasteiger charge is 2.53. The molecule has 0 aromatic carbocycles. The number of morpholine rings is 1. The van der Waals surface area contributed by atoms with Gasteiger partial charge in [-0.2, -0.15) is 0 Å². The molecule has 7 heteroatoms. The number of aromatic nitrogens is 2. The first kappa shape index (κ1) is 19.5. The van der Waals surface area contributed by atoms with Crippen molar-refractivity contribution in [2.75, 3.05) is 32.8 Å². The third-order valence-corrected chi connectivity index (χ3v) is 7.77. The van der Waals surface area contributed by atoms with Gasteiger partial charge in [0.1, 0.15) is 17.0 Å². The average molecular weight is 411 g/mol. The van der Waals surface area contributed by atoms with Crippen molar-refractivity contribution >= 4 is 17.5 Å². The molecule has 3 saturated carbocycles. The zero-order chi connectivity index (χ0) is 20.9. The monoisotopic (exact) mass is 410 g/mol. The number of ether oxygens (including phenoxy) is 1. The Kier molecular flexibility index (Phi) is 4.81. The quantitative estimate of drug-likeness (QED) is 0.841. The Hall–Kier alpha value is -2.41. The molecule has 1 N–H and O–H groups in total. The van der Waals surface area contributed by atoms with E-state index in [1.54, 1.807) is 21.6 Å². The predicted octanol–water partition coefficient (Wildman–Crippen LogP) is 2.61. The second kappa shape index (κ2) is 7.38. The van der Waals surface area contributed by atoms with Crippen LogP contribution >= 0.6 is 0 Å². The van der Waals surface area contributed by atoms with E-state index in [0.717, 1.165) is 5.92 Å². The van der Waals surface area contributed by atoms with Crippen molar-refractivity contribution in [1.82, 2.24) is 19.6 Å². The minimum absolute atomic E-state index is 0.109. The molecule has 4 aliphatic rings. The van der Waals surface area contributed by atoms with Gasteiger partial charge in [0.15, 0.2) is 0 Å². The number of nitrogens with zero attached hydrogens (tertiary/aromatic N) is 3. The fourth-order valence-electron chi connectivity index (χ4n) is 5.75. The standard InChI is InChI=1S/C23H30N4O3/c1-23(2)16-7-6-15(17(23)12-16)13-24-21(28)19-4-3-5-20-25-18(14-27(19)20)22(29)26-8-10-30-11-9-26/h3-5,14-17H,6-13H2,1-2H3,(H,24,28)/t15-,16-,17+/m0/s1. The molecule has 2 aromatic heterocycles. The molecule has 3 atom stereocenters. The van der Waals surface area contributed by atoms with E-state index in [-0.39, 0.29) is 11.8 Å². The SMILES string of the molecule is CC1(C)[C@H]2CC[C@@H](CNC(=O)c3cccc4nc(C(=O)N5CCOCC5)cn34)[C@H]1C2. The summed E-state index contributed by atoms with van der Waals surface area (Å²) in [5.74, 6) is 1.89. The van der Waals surface area contributed by atoms with Crippen molar-refractivity contribution < 1.29 is 14.3 Å². The van der Waals surface area contributed by atoms with E-state index < -0.39 is 0 Å². The van der Waals surface area contributed by atoms with Gasteiger partial charge >= 0.3 is 0 Å². The number of hydrogen-bond donors (Lipinski definition) is 1. The average Bonchev–Trinajstić information content (AvgIpc) is 3.22. The van der Waals surface area contributed by atoms with E-state index in [4.69, 9.17) is 4.74 Å². The summed E-state index contributed by atoms with van der Waals surface area (Å²) in [6.45, 7) is 7.70. The molecule has 3 aliphatic carbocycles. The summed E-state index contributed by atoms with van der Waals surface area (Å²) < 4.78 is 7.05. The number of pyridine rings is 1. The maximum Gasteiger partial charge on any atom is 0.274 e. The highest BCUT2D eigenvalue weighted by molar-refractivity contribution is 5.95. The summed E-state index contributed by atoms with van der Waals surface area (Å²) in [4.78, 5) is 32.0. The predicted molar refractivity (Wildman–Crippen MR) is 112 cm³/mol. The molecule has 30 heavy (non-hydrogen) atoms. The van der Waals surface area contributed by atoms with Gasteiger partial charge in [-0.25, -0.2) is 4.98 Å². The number of carbonyl (C=O) groups excluding carboxylic acids is 2. The van der Waals surface area contributed by atoms with Gasteiger partial charge in [0.2, 0.25) is 0 Å². The van der Waals surface area contributed by atoms with Crippen LogP contribution < -0.4 is 5.32 Å². The Balaban J connectivity index is 1.31. The van der Waals surface area contributed by atoms with E-state index in [1.165, 1.54) is 19.3 Å². The van der Waals surface area contributed by atoms with Crippen LogP contribution in [-0.2, 0) is 4.74 Å². The zero-order valence-corrected chi connectivity index (χ0v) is 17.8. The van der Waals surface area contributed by atoms with Gasteiger partial charge in [-0.15, -0.1) is 0 Å². The summed E-state index contributed by atoms with van der Waals surface area (Å²) in [6, 6.07) is 5.43. The molecule has 1 saturated heterocycles. The molecule has 2 aromatic rings. The summed E-state index contributed by atoms with van der Waals surface area (Å²) in [5.41, 5.74) is 1.90. The highest BCUT2D eigenvalue weighted by atomic mass is 16.5. The molecule has 0 unspecified atom stereocenters. The van der Waals surface area contributed by atoms with Crippen LogP contribution in [0.2, 0.25) is 0 Å². The number of imidazole rings is 1. The fraction of sp³-hybridized carbons (Fsp3) is 0.609. The van der Waals surface area contributed by atoms with E-state index >= 15 is 0 Å². The normalized spacial score (nSPS) is 27.5. The van der Waals surface area contributed by atoms with Crippen LogP contribution in [-0.4, -0.2) is 58.9 Å². The van der Waals surface area contributed by atoms with E-state index in [0.29, 0.717) is 67.1 Å². The molecule has 160 valence electrons. The molecular formula is C23H30N4O3. The lowest BCUT2D eigenvalue weighted by atomic mass is 9.45. The second-order valence-corrected chi connectivity index (χ2v) is 9.58. The lowest BCUT2D eigenvalue weighted by molar-refractivity contribution is -0.103. The molecular weight excluding hydrogens is 380 g/mol. The van der Waals surface area contributed by atoms with Crippen molar-refractivity contribution in [3.05, 3.63) is 35.8 Å². The fourth-order valence-corrected chi connectivity index (χ4v) is 5.75. The van der Waals surface area contributed by atoms with Crippen molar-refractivity contribution in [3.63, 3.8) is 0 Å². The summed E-state index contributed by atoms with van der Waals surface area (Å²) >= 11 is 0. The highest BCUT2D eigenvalue weighted by Crippen LogP contribution is 2.61. The largest absolute Gasteiger partial charge is 0.378 e. The van der Waals surface area contributed by atoms with E-state index in [2.05, 4.69) is 24.1 Å². The van der Waals surface area contributed by atoms with Gasteiger partial charge in [-0.05, 0) is 54.6 Å². The van der Waals surface area contributed by atoms with Gasteiger partial charge < -0.3 is 15.0 Å². The molecule has 0 radical (unpaired) electrons. The van der Waals surface area contributed by atoms with Gasteiger partial charge in [-0.3, -0.25) is 14.0 Å². The number of carbonyl (C=O) groups is 2. The van der Waals surface area contributed by atoms with Crippen LogP contribution in [0.15, 0.2) is 24.4 Å². The van der Waals surface area contributed by atoms with Crippen molar-refractivity contribution in [1.29, 1.82) is 0 Å². The zero-order valence-electron chi connectivity index (χ0n) is 17.8. The number of nitrogens with one attached hydrogen (secondary N) is 1. The Bertz CT molecular complexity index is 974. The number of fused-ring (bicyclic) bond motifs is 3. The van der Waals surface area contributed by atoms with Crippen molar-refractivity contribution in [2.24, 2.45) is 23.2 Å². The Morgan fingerprint density at radius 2 is 2.03 bits per heavy atom. The molecule has 2 amide bonds. The van der Waals surface area contributed by atoms with Crippen molar-refractivity contribution in [3.8, 4) is 0 Å². The third-order valence-electron chi connectivity index (χ3n) is 7.77. The van der Waals surface area contributed by atoms with Crippen LogP contribution in [0.25, 0.3) is 5.65 Å². The molecule has 7 nitrogen and oxygen atoms in total.